The maximum atomic E-state index is 13.1. The second-order valence-corrected chi connectivity index (χ2v) is 6.77. The summed E-state index contributed by atoms with van der Waals surface area (Å²) in [6.45, 7) is 2.67. The Hall–Kier alpha value is -3.48. The number of carbonyl (C=O) groups is 2. The molecule has 142 valence electrons. The zero-order chi connectivity index (χ0) is 19.8. The van der Waals surface area contributed by atoms with Crippen LogP contribution < -0.4 is 4.90 Å². The number of nitro benzene ring substituents is 1. The predicted molar refractivity (Wildman–Crippen MR) is 105 cm³/mol. The van der Waals surface area contributed by atoms with E-state index in [9.17, 15) is 19.7 Å². The molecule has 2 amide bonds. The number of likely N-dealkylation sites (N-methyl/N-ethyl adjacent to an activating group) is 1. The second-order valence-electron chi connectivity index (χ2n) is 6.77. The van der Waals surface area contributed by atoms with Crippen LogP contribution in [-0.4, -0.2) is 34.7 Å². The molecule has 7 heteroatoms. The van der Waals surface area contributed by atoms with Gasteiger partial charge in [-0.2, -0.15) is 0 Å². The minimum atomic E-state index is -0.486. The number of rotatable bonds is 4. The van der Waals surface area contributed by atoms with Gasteiger partial charge in [-0.1, -0.05) is 18.2 Å². The van der Waals surface area contributed by atoms with Crippen molar-refractivity contribution in [1.82, 2.24) is 4.90 Å². The number of hydrogen-bond donors (Lipinski definition) is 0. The van der Waals surface area contributed by atoms with Crippen LogP contribution in [0.5, 0.6) is 0 Å². The molecule has 7 nitrogen and oxygen atoms in total. The van der Waals surface area contributed by atoms with Gasteiger partial charge in [-0.3, -0.25) is 24.6 Å². The Morgan fingerprint density at radius 3 is 2.43 bits per heavy atom. The van der Waals surface area contributed by atoms with E-state index in [1.165, 1.54) is 29.2 Å². The molecule has 0 fully saturated rings. The maximum Gasteiger partial charge on any atom is 0.278 e. The number of nitro groups is 1. The van der Waals surface area contributed by atoms with Gasteiger partial charge in [-0.05, 0) is 49.1 Å². The highest BCUT2D eigenvalue weighted by Crippen LogP contribution is 2.38. The molecular formula is C21H19N3O4. The summed E-state index contributed by atoms with van der Waals surface area (Å²) in [4.78, 5) is 39.7. The third kappa shape index (κ3) is 2.76. The first-order valence-corrected chi connectivity index (χ1v) is 9.23. The van der Waals surface area contributed by atoms with Crippen molar-refractivity contribution < 1.29 is 14.5 Å². The highest BCUT2D eigenvalue weighted by atomic mass is 16.6. The SMILES string of the molecule is CCN1C(=O)C(c2ccc([N+](=O)[O-])cc2)=C(N2CCCc3ccccc32)C1=O. The lowest BCUT2D eigenvalue weighted by molar-refractivity contribution is -0.384. The molecule has 0 unspecified atom stereocenters. The van der Waals surface area contributed by atoms with Gasteiger partial charge in [0.1, 0.15) is 5.70 Å². The number of imide groups is 1. The Labute approximate surface area is 162 Å². The Kier molecular flexibility index (Phi) is 4.43. The van der Waals surface area contributed by atoms with Crippen molar-refractivity contribution in [3.05, 3.63) is 75.5 Å². The van der Waals surface area contributed by atoms with E-state index in [1.807, 2.05) is 29.2 Å². The van der Waals surface area contributed by atoms with E-state index in [0.29, 0.717) is 23.4 Å². The first-order valence-electron chi connectivity index (χ1n) is 9.23. The molecule has 2 aliphatic rings. The highest BCUT2D eigenvalue weighted by Gasteiger charge is 2.42. The van der Waals surface area contributed by atoms with Gasteiger partial charge in [0.2, 0.25) is 0 Å². The number of hydrogen-bond acceptors (Lipinski definition) is 5. The van der Waals surface area contributed by atoms with Crippen LogP contribution in [0.2, 0.25) is 0 Å². The first kappa shape index (κ1) is 17.9. The van der Waals surface area contributed by atoms with E-state index in [4.69, 9.17) is 0 Å². The van der Waals surface area contributed by atoms with Gasteiger partial charge in [0.05, 0.1) is 10.5 Å². The highest BCUT2D eigenvalue weighted by molar-refractivity contribution is 6.36. The Balaban J connectivity index is 1.88. The third-order valence-electron chi connectivity index (χ3n) is 5.21. The number of non-ortho nitro benzene ring substituents is 1. The van der Waals surface area contributed by atoms with Crippen LogP contribution in [0.25, 0.3) is 5.57 Å². The summed E-state index contributed by atoms with van der Waals surface area (Å²) in [7, 11) is 0. The summed E-state index contributed by atoms with van der Waals surface area (Å²) >= 11 is 0. The number of carbonyl (C=O) groups excluding carboxylic acids is 2. The second kappa shape index (κ2) is 6.92. The summed E-state index contributed by atoms with van der Waals surface area (Å²) in [5.74, 6) is -0.683. The fourth-order valence-corrected chi connectivity index (χ4v) is 3.88. The Bertz CT molecular complexity index is 1010. The summed E-state index contributed by atoms with van der Waals surface area (Å²) < 4.78 is 0. The lowest BCUT2D eigenvalue weighted by Crippen LogP contribution is -2.37. The first-order chi connectivity index (χ1) is 13.5. The van der Waals surface area contributed by atoms with E-state index in [1.54, 1.807) is 6.92 Å². The molecule has 4 rings (SSSR count). The third-order valence-corrected chi connectivity index (χ3v) is 5.21. The summed E-state index contributed by atoms with van der Waals surface area (Å²) in [5.41, 5.74) is 3.18. The van der Waals surface area contributed by atoms with Crippen LogP contribution >= 0.6 is 0 Å². The van der Waals surface area contributed by atoms with Gasteiger partial charge in [0.25, 0.3) is 17.5 Å². The Morgan fingerprint density at radius 1 is 1.04 bits per heavy atom. The van der Waals surface area contributed by atoms with E-state index in [-0.39, 0.29) is 24.0 Å². The monoisotopic (exact) mass is 377 g/mol. The lowest BCUT2D eigenvalue weighted by atomic mass is 9.98. The van der Waals surface area contributed by atoms with Gasteiger partial charge >= 0.3 is 0 Å². The normalized spacial score (nSPS) is 16.6. The molecule has 0 bridgehead atoms. The minimum absolute atomic E-state index is 0.0571. The Morgan fingerprint density at radius 2 is 1.75 bits per heavy atom. The molecule has 0 aliphatic carbocycles. The average molecular weight is 377 g/mol. The summed E-state index contributed by atoms with van der Waals surface area (Å²) in [6.07, 6.45) is 1.80. The average Bonchev–Trinajstić information content (AvgIpc) is 2.97. The van der Waals surface area contributed by atoms with Crippen LogP contribution in [0.15, 0.2) is 54.2 Å². The minimum Gasteiger partial charge on any atom is -0.336 e. The van der Waals surface area contributed by atoms with Gasteiger partial charge in [0.15, 0.2) is 0 Å². The molecule has 28 heavy (non-hydrogen) atoms. The van der Waals surface area contributed by atoms with Crippen molar-refractivity contribution in [2.24, 2.45) is 0 Å². The molecule has 0 atom stereocenters. The molecule has 0 aromatic heterocycles. The van der Waals surface area contributed by atoms with Gasteiger partial charge < -0.3 is 4.90 Å². The van der Waals surface area contributed by atoms with Crippen LogP contribution in [-0.2, 0) is 16.0 Å². The van der Waals surface area contributed by atoms with Crippen LogP contribution in [0.4, 0.5) is 11.4 Å². The van der Waals surface area contributed by atoms with E-state index in [2.05, 4.69) is 0 Å². The maximum absolute atomic E-state index is 13.1. The van der Waals surface area contributed by atoms with Gasteiger partial charge in [-0.25, -0.2) is 0 Å². The van der Waals surface area contributed by atoms with E-state index >= 15 is 0 Å². The standard InChI is InChI=1S/C21H19N3O4/c1-2-22-20(25)18(15-9-11-16(12-10-15)24(27)28)19(21(22)26)23-13-5-7-14-6-3-4-8-17(14)23/h3-4,6,8-12H,2,5,7,13H2,1H3. The van der Waals surface area contributed by atoms with Crippen LogP contribution in [0.1, 0.15) is 24.5 Å². The predicted octanol–water partition coefficient (Wildman–Crippen LogP) is 3.15. The largest absolute Gasteiger partial charge is 0.336 e. The molecule has 2 aromatic carbocycles. The zero-order valence-electron chi connectivity index (χ0n) is 15.4. The summed E-state index contributed by atoms with van der Waals surface area (Å²) in [6, 6.07) is 13.7. The number of anilines is 1. The zero-order valence-corrected chi connectivity index (χ0v) is 15.4. The van der Waals surface area contributed by atoms with Crippen molar-refractivity contribution in [2.75, 3.05) is 18.0 Å². The molecular weight excluding hydrogens is 358 g/mol. The molecule has 2 aromatic rings. The number of benzene rings is 2. The van der Waals surface area contributed by atoms with Crippen molar-refractivity contribution >= 4 is 28.8 Å². The van der Waals surface area contributed by atoms with Crippen LogP contribution in [0.3, 0.4) is 0 Å². The summed E-state index contributed by atoms with van der Waals surface area (Å²) in [5, 5.41) is 11.0. The molecule has 0 radical (unpaired) electrons. The van der Waals surface area contributed by atoms with Gasteiger partial charge in [-0.15, -0.1) is 0 Å². The van der Waals surface area contributed by atoms with E-state index < -0.39 is 4.92 Å². The number of fused-ring (bicyclic) bond motifs is 1. The number of amides is 2. The van der Waals surface area contributed by atoms with Crippen molar-refractivity contribution in [3.63, 3.8) is 0 Å². The molecule has 0 saturated carbocycles. The van der Waals surface area contributed by atoms with Crippen molar-refractivity contribution in [1.29, 1.82) is 0 Å². The lowest BCUT2D eigenvalue weighted by Gasteiger charge is -2.32. The number of para-hydroxylation sites is 1. The van der Waals surface area contributed by atoms with Crippen molar-refractivity contribution in [2.45, 2.75) is 19.8 Å². The molecule has 0 saturated heterocycles. The fourth-order valence-electron chi connectivity index (χ4n) is 3.88. The van der Waals surface area contributed by atoms with E-state index in [0.717, 1.165) is 24.1 Å². The van der Waals surface area contributed by atoms with Crippen molar-refractivity contribution in [3.8, 4) is 0 Å². The quantitative estimate of drug-likeness (QED) is 0.464. The molecule has 0 spiro atoms. The van der Waals surface area contributed by atoms with Crippen LogP contribution in [0, 0.1) is 10.1 Å². The molecule has 2 heterocycles. The van der Waals surface area contributed by atoms with Gasteiger partial charge in [0, 0.05) is 30.9 Å². The molecule has 0 N–H and O–H groups in total. The topological polar surface area (TPSA) is 83.8 Å². The number of nitrogens with zero attached hydrogens (tertiary/aromatic N) is 3. The molecule has 2 aliphatic heterocycles. The number of aryl methyl sites for hydroxylation is 1. The smallest absolute Gasteiger partial charge is 0.278 e. The fraction of sp³-hybridized carbons (Fsp3) is 0.238.